The van der Waals surface area contributed by atoms with E-state index in [1.165, 1.54) is 0 Å². The topological polar surface area (TPSA) is 46.2 Å². The zero-order valence-electron chi connectivity index (χ0n) is 11.9. The molecule has 1 rings (SSSR count). The summed E-state index contributed by atoms with van der Waals surface area (Å²) >= 11 is 0. The van der Waals surface area contributed by atoms with Crippen molar-refractivity contribution < 1.29 is 23.7 Å². The molecular weight excluding hydrogens is 236 g/mol. The Bertz CT molecular complexity index is 212. The lowest BCUT2D eigenvalue weighted by molar-refractivity contribution is -0.178. The van der Waals surface area contributed by atoms with E-state index in [1.807, 2.05) is 27.7 Å². The molecule has 0 unspecified atom stereocenters. The highest BCUT2D eigenvalue weighted by Crippen LogP contribution is 2.27. The van der Waals surface area contributed by atoms with Gasteiger partial charge in [0, 0.05) is 26.4 Å². The van der Waals surface area contributed by atoms with Crippen LogP contribution in [0.1, 0.15) is 27.7 Å². The van der Waals surface area contributed by atoms with Gasteiger partial charge in [-0.25, -0.2) is 0 Å². The van der Waals surface area contributed by atoms with Crippen molar-refractivity contribution in [2.75, 3.05) is 33.0 Å². The van der Waals surface area contributed by atoms with Crippen LogP contribution in [0.2, 0.25) is 0 Å². The van der Waals surface area contributed by atoms with E-state index in [4.69, 9.17) is 23.7 Å². The zero-order chi connectivity index (χ0) is 13.4. The van der Waals surface area contributed by atoms with Crippen LogP contribution in [0.25, 0.3) is 0 Å². The molecule has 5 nitrogen and oxygen atoms in total. The Hall–Kier alpha value is -0.200. The fraction of sp³-hybridized carbons (Fsp3) is 1.00. The molecule has 1 aliphatic rings. The second-order valence-corrected chi connectivity index (χ2v) is 4.00. The van der Waals surface area contributed by atoms with Crippen LogP contribution in [0.5, 0.6) is 0 Å². The Morgan fingerprint density at radius 3 is 1.94 bits per heavy atom. The summed E-state index contributed by atoms with van der Waals surface area (Å²) in [7, 11) is 0. The van der Waals surface area contributed by atoms with Gasteiger partial charge in [-0.1, -0.05) is 0 Å². The fourth-order valence-corrected chi connectivity index (χ4v) is 2.12. The zero-order valence-corrected chi connectivity index (χ0v) is 11.9. The third-order valence-electron chi connectivity index (χ3n) is 2.80. The van der Waals surface area contributed by atoms with E-state index >= 15 is 0 Å². The summed E-state index contributed by atoms with van der Waals surface area (Å²) in [5.74, 6) is 0. The normalized spacial score (nSPS) is 32.0. The molecule has 1 heterocycles. The number of rotatable bonds is 9. The first-order valence-corrected chi connectivity index (χ1v) is 6.86. The summed E-state index contributed by atoms with van der Waals surface area (Å²) in [6.45, 7) is 10.8. The van der Waals surface area contributed by atoms with Gasteiger partial charge >= 0.3 is 0 Å². The quantitative estimate of drug-likeness (QED) is 0.631. The molecule has 0 aromatic rings. The molecule has 0 spiro atoms. The van der Waals surface area contributed by atoms with Crippen LogP contribution < -0.4 is 0 Å². The van der Waals surface area contributed by atoms with Crippen LogP contribution in [0.4, 0.5) is 0 Å². The maximum Gasteiger partial charge on any atom is 0.186 e. The lowest BCUT2D eigenvalue weighted by atomic mass is 10.1. The monoisotopic (exact) mass is 262 g/mol. The highest BCUT2D eigenvalue weighted by Gasteiger charge is 2.46. The van der Waals surface area contributed by atoms with Gasteiger partial charge in [0.25, 0.3) is 0 Å². The fourth-order valence-electron chi connectivity index (χ4n) is 2.12. The van der Waals surface area contributed by atoms with Gasteiger partial charge in [0.15, 0.2) is 6.29 Å². The molecule has 0 amide bonds. The molecule has 0 radical (unpaired) electrons. The van der Waals surface area contributed by atoms with Gasteiger partial charge in [0.2, 0.25) is 0 Å². The molecule has 0 N–H and O–H groups in total. The Morgan fingerprint density at radius 1 is 0.778 bits per heavy atom. The standard InChI is InChI=1S/C13H26O5/c1-5-14-9-10-11(15-6-2)12(16-7-3)13(18-10)17-8-4/h10-13H,5-9H2,1-4H3/t10-,11-,12+,13+/m1/s1. The van der Waals surface area contributed by atoms with Gasteiger partial charge < -0.3 is 23.7 Å². The Balaban J connectivity index is 2.66. The molecule has 1 aliphatic heterocycles. The van der Waals surface area contributed by atoms with Crippen LogP contribution >= 0.6 is 0 Å². The van der Waals surface area contributed by atoms with Crippen molar-refractivity contribution in [1.29, 1.82) is 0 Å². The largest absolute Gasteiger partial charge is 0.379 e. The van der Waals surface area contributed by atoms with Crippen molar-refractivity contribution in [1.82, 2.24) is 0 Å². The predicted octanol–water partition coefficient (Wildman–Crippen LogP) is 1.59. The first-order chi connectivity index (χ1) is 8.78. The van der Waals surface area contributed by atoms with E-state index in [1.54, 1.807) is 0 Å². The number of hydrogen-bond acceptors (Lipinski definition) is 5. The van der Waals surface area contributed by atoms with Crippen molar-refractivity contribution in [2.45, 2.75) is 52.3 Å². The van der Waals surface area contributed by atoms with E-state index < -0.39 is 0 Å². The van der Waals surface area contributed by atoms with Gasteiger partial charge in [0.05, 0.1) is 6.61 Å². The molecule has 0 bridgehead atoms. The summed E-state index contributed by atoms with van der Waals surface area (Å²) in [5.41, 5.74) is 0. The molecular formula is C13H26O5. The number of hydrogen-bond donors (Lipinski definition) is 0. The summed E-state index contributed by atoms with van der Waals surface area (Å²) in [5, 5.41) is 0. The molecule has 0 aliphatic carbocycles. The van der Waals surface area contributed by atoms with Crippen molar-refractivity contribution in [3.63, 3.8) is 0 Å². The van der Waals surface area contributed by atoms with Crippen molar-refractivity contribution >= 4 is 0 Å². The van der Waals surface area contributed by atoms with Crippen molar-refractivity contribution in [3.8, 4) is 0 Å². The van der Waals surface area contributed by atoms with E-state index in [0.717, 1.165) is 0 Å². The summed E-state index contributed by atoms with van der Waals surface area (Å²) in [6.07, 6.45) is -0.798. The third-order valence-corrected chi connectivity index (χ3v) is 2.80. The first kappa shape index (κ1) is 15.9. The molecule has 5 heteroatoms. The predicted molar refractivity (Wildman–Crippen MR) is 67.6 cm³/mol. The van der Waals surface area contributed by atoms with Gasteiger partial charge in [0.1, 0.15) is 18.3 Å². The SMILES string of the molecule is CCOC[C@H]1O[C@H](OCC)[C@@H](OCC)[C@@H]1OCC. The van der Waals surface area contributed by atoms with Gasteiger partial charge in [-0.05, 0) is 27.7 Å². The van der Waals surface area contributed by atoms with Crippen LogP contribution in [-0.2, 0) is 23.7 Å². The minimum atomic E-state index is -0.364. The number of ether oxygens (including phenoxy) is 5. The smallest absolute Gasteiger partial charge is 0.186 e. The highest BCUT2D eigenvalue weighted by atomic mass is 16.7. The van der Waals surface area contributed by atoms with E-state index in [9.17, 15) is 0 Å². The second-order valence-electron chi connectivity index (χ2n) is 4.00. The molecule has 4 atom stereocenters. The maximum atomic E-state index is 5.84. The molecule has 1 saturated heterocycles. The second kappa shape index (κ2) is 8.82. The minimum absolute atomic E-state index is 0.127. The Labute approximate surface area is 110 Å². The van der Waals surface area contributed by atoms with Crippen LogP contribution in [0, 0.1) is 0 Å². The van der Waals surface area contributed by atoms with E-state index in [2.05, 4.69) is 0 Å². The van der Waals surface area contributed by atoms with Gasteiger partial charge in [-0.3, -0.25) is 0 Å². The van der Waals surface area contributed by atoms with E-state index in [0.29, 0.717) is 33.0 Å². The van der Waals surface area contributed by atoms with Crippen molar-refractivity contribution in [2.24, 2.45) is 0 Å². The van der Waals surface area contributed by atoms with Crippen LogP contribution in [-0.4, -0.2) is 57.6 Å². The Kier molecular flexibility index (Phi) is 7.77. The molecule has 0 saturated carbocycles. The summed E-state index contributed by atoms with van der Waals surface area (Å²) in [6, 6.07) is 0. The molecule has 0 aromatic carbocycles. The summed E-state index contributed by atoms with van der Waals surface area (Å²) < 4.78 is 28.3. The van der Waals surface area contributed by atoms with E-state index in [-0.39, 0.29) is 24.6 Å². The van der Waals surface area contributed by atoms with Crippen LogP contribution in [0.3, 0.4) is 0 Å². The minimum Gasteiger partial charge on any atom is -0.379 e. The average Bonchev–Trinajstić information content (AvgIpc) is 2.67. The molecule has 18 heavy (non-hydrogen) atoms. The summed E-state index contributed by atoms with van der Waals surface area (Å²) in [4.78, 5) is 0. The lowest BCUT2D eigenvalue weighted by Gasteiger charge is -2.23. The van der Waals surface area contributed by atoms with Gasteiger partial charge in [-0.15, -0.1) is 0 Å². The van der Waals surface area contributed by atoms with Crippen molar-refractivity contribution in [3.05, 3.63) is 0 Å². The maximum absolute atomic E-state index is 5.84. The lowest BCUT2D eigenvalue weighted by Crippen LogP contribution is -2.39. The highest BCUT2D eigenvalue weighted by molar-refractivity contribution is 4.89. The first-order valence-electron chi connectivity index (χ1n) is 6.86. The molecule has 1 fully saturated rings. The Morgan fingerprint density at radius 2 is 1.39 bits per heavy atom. The van der Waals surface area contributed by atoms with Gasteiger partial charge in [-0.2, -0.15) is 0 Å². The average molecular weight is 262 g/mol. The van der Waals surface area contributed by atoms with Crippen LogP contribution in [0.15, 0.2) is 0 Å². The molecule has 0 aromatic heterocycles. The molecule has 108 valence electrons. The third kappa shape index (κ3) is 4.17.